The van der Waals surface area contributed by atoms with E-state index < -0.39 is 0 Å². The number of carbonyl (C=O) groups is 2. The fourth-order valence-electron chi connectivity index (χ4n) is 3.59. The summed E-state index contributed by atoms with van der Waals surface area (Å²) >= 11 is 0. The first-order valence-corrected chi connectivity index (χ1v) is 9.73. The molecular formula is C24H23N3O2. The Balaban J connectivity index is 1.41. The molecule has 0 aromatic heterocycles. The van der Waals surface area contributed by atoms with Crippen molar-refractivity contribution in [2.45, 2.75) is 13.0 Å². The second-order valence-electron chi connectivity index (χ2n) is 7.14. The fourth-order valence-corrected chi connectivity index (χ4v) is 3.59. The Morgan fingerprint density at radius 1 is 0.793 bits per heavy atom. The molecule has 1 aliphatic rings. The number of hydrogen-bond acceptors (Lipinski definition) is 3. The number of fused-ring (bicyclic) bond motifs is 1. The number of nitrogens with one attached hydrogen (secondary N) is 2. The summed E-state index contributed by atoms with van der Waals surface area (Å²) < 4.78 is 0. The molecule has 0 saturated heterocycles. The third-order valence-corrected chi connectivity index (χ3v) is 5.05. The molecule has 3 aromatic rings. The van der Waals surface area contributed by atoms with Gasteiger partial charge in [0.25, 0.3) is 5.91 Å². The number of anilines is 2. The largest absolute Gasteiger partial charge is 0.324 e. The van der Waals surface area contributed by atoms with Crippen molar-refractivity contribution in [1.29, 1.82) is 0 Å². The van der Waals surface area contributed by atoms with Gasteiger partial charge in [0.15, 0.2) is 0 Å². The van der Waals surface area contributed by atoms with Gasteiger partial charge in [-0.2, -0.15) is 0 Å². The van der Waals surface area contributed by atoms with E-state index in [1.54, 1.807) is 18.2 Å². The molecule has 5 nitrogen and oxygen atoms in total. The van der Waals surface area contributed by atoms with Crippen molar-refractivity contribution in [2.75, 3.05) is 23.7 Å². The van der Waals surface area contributed by atoms with Gasteiger partial charge < -0.3 is 10.6 Å². The van der Waals surface area contributed by atoms with Crippen LogP contribution in [-0.4, -0.2) is 29.8 Å². The van der Waals surface area contributed by atoms with Gasteiger partial charge in [-0.05, 0) is 41.8 Å². The number of amides is 2. The van der Waals surface area contributed by atoms with Gasteiger partial charge in [-0.1, -0.05) is 54.6 Å². The van der Waals surface area contributed by atoms with Crippen molar-refractivity contribution < 1.29 is 9.59 Å². The summed E-state index contributed by atoms with van der Waals surface area (Å²) in [6.07, 6.45) is 0.944. The van der Waals surface area contributed by atoms with Crippen LogP contribution in [-0.2, 0) is 17.8 Å². The maximum Gasteiger partial charge on any atom is 0.257 e. The summed E-state index contributed by atoms with van der Waals surface area (Å²) in [4.78, 5) is 27.4. The fraction of sp³-hybridized carbons (Fsp3) is 0.167. The van der Waals surface area contributed by atoms with Gasteiger partial charge in [-0.25, -0.2) is 0 Å². The van der Waals surface area contributed by atoms with Crippen molar-refractivity contribution in [3.05, 3.63) is 95.6 Å². The van der Waals surface area contributed by atoms with Crippen LogP contribution in [0.2, 0.25) is 0 Å². The highest BCUT2D eigenvalue weighted by atomic mass is 16.2. The highest BCUT2D eigenvalue weighted by Crippen LogP contribution is 2.20. The summed E-state index contributed by atoms with van der Waals surface area (Å²) in [7, 11) is 0. The zero-order valence-electron chi connectivity index (χ0n) is 16.1. The van der Waals surface area contributed by atoms with Crippen LogP contribution in [0.25, 0.3) is 0 Å². The van der Waals surface area contributed by atoms with Gasteiger partial charge in [0, 0.05) is 18.8 Å². The zero-order valence-corrected chi connectivity index (χ0v) is 16.1. The number of hydrogen-bond donors (Lipinski definition) is 2. The molecule has 0 fully saturated rings. The summed E-state index contributed by atoms with van der Waals surface area (Å²) in [6, 6.07) is 24.7. The maximum atomic E-state index is 12.7. The van der Waals surface area contributed by atoms with Crippen LogP contribution in [0.1, 0.15) is 21.5 Å². The number of carbonyl (C=O) groups excluding carboxylic acids is 2. The normalized spacial score (nSPS) is 13.4. The van der Waals surface area contributed by atoms with Gasteiger partial charge in [-0.3, -0.25) is 14.5 Å². The molecule has 0 radical (unpaired) electrons. The van der Waals surface area contributed by atoms with Gasteiger partial charge in [0.05, 0.1) is 17.8 Å². The van der Waals surface area contributed by atoms with E-state index in [1.807, 2.05) is 42.5 Å². The van der Waals surface area contributed by atoms with Crippen LogP contribution in [0.15, 0.2) is 78.9 Å². The van der Waals surface area contributed by atoms with Crippen LogP contribution in [0, 0.1) is 0 Å². The molecule has 2 N–H and O–H groups in total. The molecule has 146 valence electrons. The van der Waals surface area contributed by atoms with E-state index in [4.69, 9.17) is 0 Å². The second-order valence-corrected chi connectivity index (χ2v) is 7.14. The van der Waals surface area contributed by atoms with Crippen LogP contribution >= 0.6 is 0 Å². The quantitative estimate of drug-likeness (QED) is 0.699. The van der Waals surface area contributed by atoms with E-state index in [2.05, 4.69) is 33.7 Å². The van der Waals surface area contributed by atoms with Crippen molar-refractivity contribution in [3.8, 4) is 0 Å². The predicted octanol–water partition coefficient (Wildman–Crippen LogP) is 3.94. The van der Waals surface area contributed by atoms with Gasteiger partial charge in [0.2, 0.25) is 5.91 Å². The molecule has 4 rings (SSSR count). The first-order valence-electron chi connectivity index (χ1n) is 9.73. The number of nitrogens with zero attached hydrogens (tertiary/aromatic N) is 1. The molecule has 5 heteroatoms. The molecule has 2 amide bonds. The molecule has 0 saturated carbocycles. The summed E-state index contributed by atoms with van der Waals surface area (Å²) in [5, 5.41) is 5.77. The van der Waals surface area contributed by atoms with Crippen LogP contribution in [0.4, 0.5) is 11.4 Å². The van der Waals surface area contributed by atoms with Gasteiger partial charge in [0.1, 0.15) is 0 Å². The minimum Gasteiger partial charge on any atom is -0.324 e. The smallest absolute Gasteiger partial charge is 0.257 e. The summed E-state index contributed by atoms with van der Waals surface area (Å²) in [6.45, 7) is 1.91. The van der Waals surface area contributed by atoms with E-state index in [9.17, 15) is 9.59 Å². The number of rotatable bonds is 5. The highest BCUT2D eigenvalue weighted by molar-refractivity contribution is 6.10. The number of para-hydroxylation sites is 2. The highest BCUT2D eigenvalue weighted by Gasteiger charge is 2.19. The standard InChI is InChI=1S/C24H23N3O2/c28-23(17-27-15-14-18-8-4-5-9-19(18)16-27)26-22-13-7-6-12-21(22)24(29)25-20-10-2-1-3-11-20/h1-13H,14-17H2,(H,25,29)(H,26,28). The van der Waals surface area contributed by atoms with Gasteiger partial charge >= 0.3 is 0 Å². The maximum absolute atomic E-state index is 12.7. The zero-order chi connectivity index (χ0) is 20.1. The minimum absolute atomic E-state index is 0.121. The lowest BCUT2D eigenvalue weighted by molar-refractivity contribution is -0.117. The molecule has 29 heavy (non-hydrogen) atoms. The third kappa shape index (κ3) is 4.70. The van der Waals surface area contributed by atoms with Gasteiger partial charge in [-0.15, -0.1) is 0 Å². The molecule has 0 atom stereocenters. The Kier molecular flexibility index (Phi) is 5.68. The summed E-state index contributed by atoms with van der Waals surface area (Å²) in [5.41, 5.74) is 4.30. The molecular weight excluding hydrogens is 362 g/mol. The van der Waals surface area contributed by atoms with E-state index in [1.165, 1.54) is 11.1 Å². The Hall–Kier alpha value is -3.44. The molecule has 1 aliphatic heterocycles. The van der Waals surface area contributed by atoms with Crippen molar-refractivity contribution in [3.63, 3.8) is 0 Å². The third-order valence-electron chi connectivity index (χ3n) is 5.05. The van der Waals surface area contributed by atoms with E-state index in [0.717, 1.165) is 19.5 Å². The Morgan fingerprint density at radius 2 is 1.48 bits per heavy atom. The lowest BCUT2D eigenvalue weighted by Crippen LogP contribution is -2.37. The van der Waals surface area contributed by atoms with E-state index in [-0.39, 0.29) is 11.8 Å². The van der Waals surface area contributed by atoms with Crippen molar-refractivity contribution >= 4 is 23.2 Å². The molecule has 0 aliphatic carbocycles. The average Bonchev–Trinajstić information content (AvgIpc) is 2.74. The van der Waals surface area contributed by atoms with Crippen molar-refractivity contribution in [1.82, 2.24) is 4.90 Å². The minimum atomic E-state index is -0.251. The summed E-state index contributed by atoms with van der Waals surface area (Å²) in [5.74, 6) is -0.372. The van der Waals surface area contributed by atoms with Crippen molar-refractivity contribution in [2.24, 2.45) is 0 Å². The SMILES string of the molecule is O=C(CN1CCc2ccccc2C1)Nc1ccccc1C(=O)Nc1ccccc1. The molecule has 0 spiro atoms. The Morgan fingerprint density at radius 3 is 2.31 bits per heavy atom. The van der Waals surface area contributed by atoms with Crippen LogP contribution < -0.4 is 10.6 Å². The number of benzene rings is 3. The molecule has 1 heterocycles. The van der Waals surface area contributed by atoms with E-state index >= 15 is 0 Å². The van der Waals surface area contributed by atoms with E-state index in [0.29, 0.717) is 23.5 Å². The monoisotopic (exact) mass is 385 g/mol. The van der Waals surface area contributed by atoms with Crippen LogP contribution in [0.5, 0.6) is 0 Å². The molecule has 0 bridgehead atoms. The first kappa shape index (κ1) is 18.9. The average molecular weight is 385 g/mol. The lowest BCUT2D eigenvalue weighted by atomic mass is 10.00. The molecule has 0 unspecified atom stereocenters. The molecule has 3 aromatic carbocycles. The predicted molar refractivity (Wildman–Crippen MR) is 115 cm³/mol. The Labute approximate surface area is 170 Å². The Bertz CT molecular complexity index is 1020. The first-order chi connectivity index (χ1) is 14.2. The van der Waals surface area contributed by atoms with Crippen LogP contribution in [0.3, 0.4) is 0 Å². The topological polar surface area (TPSA) is 61.4 Å². The second kappa shape index (κ2) is 8.71. The lowest BCUT2D eigenvalue weighted by Gasteiger charge is -2.28.